The van der Waals surface area contributed by atoms with Gasteiger partial charge in [-0.25, -0.2) is 0 Å². The monoisotopic (exact) mass is 171 g/mol. The van der Waals surface area contributed by atoms with E-state index in [9.17, 15) is 4.79 Å². The van der Waals surface area contributed by atoms with E-state index in [-0.39, 0.29) is 11.8 Å². The molecule has 0 heterocycles. The average molecular weight is 171 g/mol. The summed E-state index contributed by atoms with van der Waals surface area (Å²) in [7, 11) is 0. The van der Waals surface area contributed by atoms with Crippen LogP contribution in [0.3, 0.4) is 0 Å². The highest BCUT2D eigenvalue weighted by Gasteiger charge is 2.11. The first-order chi connectivity index (χ1) is 5.57. The molecule has 0 aliphatic heterocycles. The second-order valence-electron chi connectivity index (χ2n) is 3.70. The molecule has 0 amide bonds. The van der Waals surface area contributed by atoms with Crippen LogP contribution in [0.25, 0.3) is 0 Å². The van der Waals surface area contributed by atoms with E-state index >= 15 is 0 Å². The van der Waals surface area contributed by atoms with Gasteiger partial charge in [0.05, 0.1) is 6.04 Å². The highest BCUT2D eigenvalue weighted by Crippen LogP contribution is 2.13. The van der Waals surface area contributed by atoms with Crippen LogP contribution in [-0.2, 0) is 4.79 Å². The minimum absolute atomic E-state index is 0.110. The lowest BCUT2D eigenvalue weighted by atomic mass is 9.95. The van der Waals surface area contributed by atoms with E-state index in [0.29, 0.717) is 5.92 Å². The van der Waals surface area contributed by atoms with Gasteiger partial charge in [-0.15, -0.1) is 0 Å². The minimum atomic E-state index is -0.239. The number of ketones is 1. The van der Waals surface area contributed by atoms with E-state index in [0.717, 1.165) is 6.42 Å². The molecule has 0 aromatic heterocycles. The van der Waals surface area contributed by atoms with Gasteiger partial charge in [0.15, 0.2) is 0 Å². The Bertz CT molecular complexity index is 134. The van der Waals surface area contributed by atoms with Crippen LogP contribution in [0.5, 0.6) is 0 Å². The summed E-state index contributed by atoms with van der Waals surface area (Å²) in [6, 6.07) is -0.239. The van der Waals surface area contributed by atoms with Crippen molar-refractivity contribution in [3.05, 3.63) is 0 Å². The van der Waals surface area contributed by atoms with Gasteiger partial charge in [0.25, 0.3) is 0 Å². The van der Waals surface area contributed by atoms with Crippen LogP contribution >= 0.6 is 0 Å². The molecule has 0 aliphatic rings. The molecular formula is C10H21NO. The molecule has 0 saturated heterocycles. The topological polar surface area (TPSA) is 43.1 Å². The van der Waals surface area contributed by atoms with Gasteiger partial charge in [0.1, 0.15) is 5.78 Å². The molecule has 0 bridgehead atoms. The van der Waals surface area contributed by atoms with Crippen LogP contribution in [0.15, 0.2) is 0 Å². The Hall–Kier alpha value is -0.370. The Balaban J connectivity index is 3.53. The fraction of sp³-hybridized carbons (Fsp3) is 0.900. The van der Waals surface area contributed by atoms with Gasteiger partial charge in [0, 0.05) is 0 Å². The Labute approximate surface area is 75.5 Å². The number of Topliss-reactive ketones (excluding diaryl/α,β-unsaturated/α-hetero) is 1. The lowest BCUT2D eigenvalue weighted by molar-refractivity contribution is -0.118. The van der Waals surface area contributed by atoms with Crippen molar-refractivity contribution in [2.45, 2.75) is 52.5 Å². The van der Waals surface area contributed by atoms with Crippen LogP contribution in [-0.4, -0.2) is 11.8 Å². The van der Waals surface area contributed by atoms with Crippen molar-refractivity contribution < 1.29 is 4.79 Å². The summed E-state index contributed by atoms with van der Waals surface area (Å²) < 4.78 is 0. The van der Waals surface area contributed by atoms with Gasteiger partial charge >= 0.3 is 0 Å². The van der Waals surface area contributed by atoms with Crippen LogP contribution in [0.1, 0.15) is 46.5 Å². The Morgan fingerprint density at radius 1 is 1.50 bits per heavy atom. The van der Waals surface area contributed by atoms with Crippen LogP contribution in [0, 0.1) is 5.92 Å². The third-order valence-corrected chi connectivity index (χ3v) is 2.23. The quantitative estimate of drug-likeness (QED) is 0.665. The summed E-state index contributed by atoms with van der Waals surface area (Å²) in [6.07, 6.45) is 4.50. The molecule has 0 spiro atoms. The third kappa shape index (κ3) is 5.30. The number of unbranched alkanes of at least 4 members (excludes halogenated alkanes) is 1. The van der Waals surface area contributed by atoms with E-state index in [1.165, 1.54) is 19.3 Å². The highest BCUT2D eigenvalue weighted by atomic mass is 16.1. The minimum Gasteiger partial charge on any atom is -0.322 e. The van der Waals surface area contributed by atoms with Crippen molar-refractivity contribution in [1.82, 2.24) is 0 Å². The summed E-state index contributed by atoms with van der Waals surface area (Å²) in [5.41, 5.74) is 5.64. The molecule has 0 fully saturated rings. The molecular weight excluding hydrogens is 150 g/mol. The molecule has 0 saturated carbocycles. The number of hydrogen-bond donors (Lipinski definition) is 1. The number of rotatable bonds is 6. The number of carbonyl (C=O) groups excluding carboxylic acids is 1. The molecule has 0 aromatic carbocycles. The third-order valence-electron chi connectivity index (χ3n) is 2.23. The van der Waals surface area contributed by atoms with Crippen LogP contribution in [0.2, 0.25) is 0 Å². The Morgan fingerprint density at radius 3 is 2.50 bits per heavy atom. The lowest BCUT2D eigenvalue weighted by Gasteiger charge is -2.14. The van der Waals surface area contributed by atoms with Gasteiger partial charge in [-0.2, -0.15) is 0 Å². The van der Waals surface area contributed by atoms with Gasteiger partial charge in [0.2, 0.25) is 0 Å². The maximum Gasteiger partial charge on any atom is 0.146 e. The van der Waals surface area contributed by atoms with Crippen molar-refractivity contribution in [2.75, 3.05) is 0 Å². The molecule has 0 radical (unpaired) electrons. The van der Waals surface area contributed by atoms with E-state index in [4.69, 9.17) is 5.73 Å². The van der Waals surface area contributed by atoms with Crippen molar-refractivity contribution in [3.8, 4) is 0 Å². The zero-order valence-electron chi connectivity index (χ0n) is 8.47. The normalized spacial score (nSPS) is 15.7. The fourth-order valence-electron chi connectivity index (χ4n) is 1.27. The van der Waals surface area contributed by atoms with E-state index in [1.54, 1.807) is 6.92 Å². The summed E-state index contributed by atoms with van der Waals surface area (Å²) in [4.78, 5) is 10.8. The van der Waals surface area contributed by atoms with Gasteiger partial charge in [-0.05, 0) is 19.3 Å². The summed E-state index contributed by atoms with van der Waals surface area (Å²) in [5.74, 6) is 0.696. The van der Waals surface area contributed by atoms with E-state index in [1.807, 2.05) is 0 Å². The zero-order valence-corrected chi connectivity index (χ0v) is 8.47. The van der Waals surface area contributed by atoms with Crippen molar-refractivity contribution in [2.24, 2.45) is 11.7 Å². The van der Waals surface area contributed by atoms with E-state index < -0.39 is 0 Å². The largest absolute Gasteiger partial charge is 0.322 e. The molecule has 0 aromatic rings. The number of nitrogens with two attached hydrogens (primary N) is 1. The van der Waals surface area contributed by atoms with Gasteiger partial charge < -0.3 is 5.73 Å². The highest BCUT2D eigenvalue weighted by molar-refractivity contribution is 5.81. The molecule has 2 N–H and O–H groups in total. The fourth-order valence-corrected chi connectivity index (χ4v) is 1.27. The van der Waals surface area contributed by atoms with Crippen molar-refractivity contribution in [1.29, 1.82) is 0 Å². The SMILES string of the molecule is CCCCC(C)CC(N)C(C)=O. The van der Waals surface area contributed by atoms with Gasteiger partial charge in [-0.1, -0.05) is 33.1 Å². The van der Waals surface area contributed by atoms with Crippen LogP contribution in [0.4, 0.5) is 0 Å². The molecule has 0 rings (SSSR count). The first kappa shape index (κ1) is 11.6. The predicted molar refractivity (Wildman–Crippen MR) is 52.0 cm³/mol. The van der Waals surface area contributed by atoms with Crippen LogP contribution < -0.4 is 5.73 Å². The second kappa shape index (κ2) is 6.18. The number of hydrogen-bond acceptors (Lipinski definition) is 2. The summed E-state index contributed by atoms with van der Waals surface area (Å²) in [6.45, 7) is 5.91. The first-order valence-electron chi connectivity index (χ1n) is 4.84. The summed E-state index contributed by atoms with van der Waals surface area (Å²) >= 11 is 0. The maximum atomic E-state index is 10.8. The van der Waals surface area contributed by atoms with E-state index in [2.05, 4.69) is 13.8 Å². The Kier molecular flexibility index (Phi) is 5.99. The molecule has 2 nitrogen and oxygen atoms in total. The molecule has 2 atom stereocenters. The van der Waals surface area contributed by atoms with Crippen molar-refractivity contribution in [3.63, 3.8) is 0 Å². The Morgan fingerprint density at radius 2 is 2.08 bits per heavy atom. The second-order valence-corrected chi connectivity index (χ2v) is 3.70. The van der Waals surface area contributed by atoms with Crippen molar-refractivity contribution >= 4 is 5.78 Å². The molecule has 2 heteroatoms. The number of carbonyl (C=O) groups is 1. The van der Waals surface area contributed by atoms with Gasteiger partial charge in [-0.3, -0.25) is 4.79 Å². The summed E-state index contributed by atoms with van der Waals surface area (Å²) in [5, 5.41) is 0. The molecule has 2 unspecified atom stereocenters. The lowest BCUT2D eigenvalue weighted by Crippen LogP contribution is -2.30. The smallest absolute Gasteiger partial charge is 0.146 e. The molecule has 12 heavy (non-hydrogen) atoms. The average Bonchev–Trinajstić information content (AvgIpc) is 2.00. The molecule has 72 valence electrons. The maximum absolute atomic E-state index is 10.8. The predicted octanol–water partition coefficient (Wildman–Crippen LogP) is 2.12. The standard InChI is InChI=1S/C10H21NO/c1-4-5-6-8(2)7-10(11)9(3)12/h8,10H,4-7,11H2,1-3H3. The first-order valence-corrected chi connectivity index (χ1v) is 4.84. The molecule has 0 aliphatic carbocycles. The zero-order chi connectivity index (χ0) is 9.56.